The summed E-state index contributed by atoms with van der Waals surface area (Å²) < 4.78 is 10.3. The van der Waals surface area contributed by atoms with Gasteiger partial charge in [-0.25, -0.2) is 9.59 Å². The molecule has 0 saturated carbocycles. The van der Waals surface area contributed by atoms with Crippen molar-refractivity contribution in [3.8, 4) is 78.3 Å². The molecule has 0 bridgehead atoms. The number of carboxylic acid groups (broad SMARTS) is 2. The molecule has 0 aromatic heterocycles. The molecule has 0 heterocycles. The van der Waals surface area contributed by atoms with Crippen LogP contribution in [0, 0.1) is 61.3 Å². The molecule has 9 aromatic carbocycles. The third-order valence-electron chi connectivity index (χ3n) is 17.4. The van der Waals surface area contributed by atoms with Crippen LogP contribution in [0.4, 0.5) is 0 Å². The number of carbonyl (C=O) groups is 4. The first-order valence-corrected chi connectivity index (χ1v) is 28.1. The zero-order valence-corrected chi connectivity index (χ0v) is 48.0. The summed E-state index contributed by atoms with van der Waals surface area (Å²) in [4.78, 5) is 46.1. The summed E-state index contributed by atoms with van der Waals surface area (Å²) in [6.45, 7) is 18.2. The minimum Gasteiger partial charge on any atom is -0.478 e. The molecule has 0 saturated heterocycles. The van der Waals surface area contributed by atoms with Crippen LogP contribution in [0.3, 0.4) is 0 Å². The lowest BCUT2D eigenvalue weighted by molar-refractivity contribution is -0.121. The van der Waals surface area contributed by atoms with Gasteiger partial charge in [0, 0.05) is 11.8 Å². The molecule has 3 aliphatic carbocycles. The van der Waals surface area contributed by atoms with E-state index in [0.717, 1.165) is 128 Å². The maximum Gasteiger partial charge on any atom is 0.335 e. The highest BCUT2D eigenvalue weighted by molar-refractivity contribution is 6.02. The van der Waals surface area contributed by atoms with E-state index in [1.807, 2.05) is 72.8 Å². The van der Waals surface area contributed by atoms with Crippen molar-refractivity contribution in [3.05, 3.63) is 259 Å². The maximum absolute atomic E-state index is 11.9. The standard InChI is InChI=1S/C76H60O8/c1-41-33-65(45(5)29-61(41)49-9-13-53(14-10-49)75(79)80)69-37-71(67-35-43(3)63(31-47(67)7)51-17-21-55(22-18-51)83-39-77)59-27-28-60-72(68-36-44(4)64(32-48(68)8)52-19-23-56(24-20-52)84-40-78)38-70(58-26-25-57(69)73(59)74(58)60)66-34-42(2)62(30-46(66)6)50-11-15-54(16-12-50)76(81)82/h9-40,59,73H,1-8H3,(H,79,80)(H,81,82). The molecular weight excluding hydrogens is 1040 g/mol. The average Bonchev–Trinajstić information content (AvgIpc) is 1.24. The summed E-state index contributed by atoms with van der Waals surface area (Å²) in [5, 5.41) is 19.4. The van der Waals surface area contributed by atoms with Crippen LogP contribution >= 0.6 is 0 Å². The van der Waals surface area contributed by atoms with Gasteiger partial charge < -0.3 is 19.7 Å². The smallest absolute Gasteiger partial charge is 0.335 e. The Kier molecular flexibility index (Phi) is 14.0. The van der Waals surface area contributed by atoms with Gasteiger partial charge in [-0.3, -0.25) is 9.59 Å². The van der Waals surface area contributed by atoms with Crippen molar-refractivity contribution in [2.45, 2.75) is 61.3 Å². The van der Waals surface area contributed by atoms with Gasteiger partial charge in [0.2, 0.25) is 0 Å². The van der Waals surface area contributed by atoms with Gasteiger partial charge in [0.15, 0.2) is 0 Å². The predicted molar refractivity (Wildman–Crippen MR) is 336 cm³/mol. The highest BCUT2D eigenvalue weighted by Gasteiger charge is 2.41. The Balaban J connectivity index is 1.09. The van der Waals surface area contributed by atoms with E-state index in [1.54, 1.807) is 24.3 Å². The molecule has 8 nitrogen and oxygen atoms in total. The van der Waals surface area contributed by atoms with Crippen molar-refractivity contribution in [2.24, 2.45) is 5.92 Å². The van der Waals surface area contributed by atoms with Crippen LogP contribution in [0.5, 0.6) is 11.5 Å². The second-order valence-electron chi connectivity index (χ2n) is 22.5. The monoisotopic (exact) mass is 1100 g/mol. The van der Waals surface area contributed by atoms with Gasteiger partial charge in [-0.15, -0.1) is 0 Å². The van der Waals surface area contributed by atoms with Crippen molar-refractivity contribution < 1.29 is 38.9 Å². The minimum absolute atomic E-state index is 0.0597. The van der Waals surface area contributed by atoms with Crippen molar-refractivity contribution in [1.29, 1.82) is 0 Å². The molecule has 2 atom stereocenters. The van der Waals surface area contributed by atoms with E-state index in [2.05, 4.69) is 140 Å². The topological polar surface area (TPSA) is 127 Å². The number of carboxylic acids is 2. The van der Waals surface area contributed by atoms with Crippen LogP contribution in [0.1, 0.15) is 99.0 Å². The maximum atomic E-state index is 11.9. The number of allylic oxidation sites excluding steroid dienone is 6. The molecule has 0 radical (unpaired) electrons. The van der Waals surface area contributed by atoms with Gasteiger partial charge in [0.05, 0.1) is 11.1 Å². The van der Waals surface area contributed by atoms with Crippen LogP contribution in [-0.2, 0) is 9.59 Å². The number of ether oxygens (including phenoxy) is 2. The minimum atomic E-state index is -0.961. The number of hydrogen-bond acceptors (Lipinski definition) is 6. The SMILES string of the molecule is Cc1cc(-c2ccc(OC=O)cc2)c(C)cc1C1=CC(c2cc(C)c(-c3ccc(C(=O)O)cc3)cc2C)=C2C=Cc3c(-c4cc(C)c(-c5ccc(C(=O)O)cc5)cc4C)cc(-c4cc(C)c(-c5ccc(OC=O)cc5)cc4C)c4c3C2C1C=C4. The van der Waals surface area contributed by atoms with Crippen molar-refractivity contribution in [2.75, 3.05) is 0 Å². The van der Waals surface area contributed by atoms with E-state index in [0.29, 0.717) is 24.4 Å². The third-order valence-corrected chi connectivity index (χ3v) is 17.4. The summed E-state index contributed by atoms with van der Waals surface area (Å²) in [6, 6.07) is 50.1. The number of aromatic carboxylic acids is 2. The highest BCUT2D eigenvalue weighted by Crippen LogP contribution is 2.59. The van der Waals surface area contributed by atoms with Crippen LogP contribution in [0.25, 0.3) is 90.1 Å². The van der Waals surface area contributed by atoms with Gasteiger partial charge in [-0.2, -0.15) is 0 Å². The number of rotatable bonds is 14. The van der Waals surface area contributed by atoms with Crippen LogP contribution in [-0.4, -0.2) is 35.1 Å². The van der Waals surface area contributed by atoms with E-state index < -0.39 is 11.9 Å². The molecule has 0 amide bonds. The van der Waals surface area contributed by atoms with Gasteiger partial charge >= 0.3 is 11.9 Å². The van der Waals surface area contributed by atoms with Gasteiger partial charge in [-0.1, -0.05) is 121 Å². The molecule has 8 heteroatoms. The van der Waals surface area contributed by atoms with Crippen LogP contribution in [0.15, 0.2) is 175 Å². The highest BCUT2D eigenvalue weighted by atomic mass is 16.5. The lowest BCUT2D eigenvalue weighted by Crippen LogP contribution is -2.26. The molecule has 84 heavy (non-hydrogen) atoms. The summed E-state index contributed by atoms with van der Waals surface area (Å²) in [6.07, 6.45) is 11.9. The molecule has 9 aromatic rings. The lowest BCUT2D eigenvalue weighted by Gasteiger charge is -2.42. The second kappa shape index (κ2) is 21.6. The Bertz CT molecular complexity index is 4390. The zero-order valence-electron chi connectivity index (χ0n) is 48.0. The van der Waals surface area contributed by atoms with Gasteiger partial charge in [0.1, 0.15) is 11.5 Å². The fourth-order valence-electron chi connectivity index (χ4n) is 13.2. The molecule has 12 rings (SSSR count). The molecule has 2 N–H and O–H groups in total. The second-order valence-corrected chi connectivity index (χ2v) is 22.5. The molecule has 412 valence electrons. The Morgan fingerprint density at radius 2 is 0.738 bits per heavy atom. The lowest BCUT2D eigenvalue weighted by atomic mass is 9.61. The fraction of sp³-hybridized carbons (Fsp3) is 0.132. The Morgan fingerprint density at radius 1 is 0.393 bits per heavy atom. The van der Waals surface area contributed by atoms with Gasteiger partial charge in [0.25, 0.3) is 12.9 Å². The first-order chi connectivity index (χ1) is 40.5. The first kappa shape index (κ1) is 54.4. The van der Waals surface area contributed by atoms with Crippen molar-refractivity contribution in [1.82, 2.24) is 0 Å². The van der Waals surface area contributed by atoms with Gasteiger partial charge in [-0.05, 0) is 272 Å². The zero-order chi connectivity index (χ0) is 58.8. The fourth-order valence-corrected chi connectivity index (χ4v) is 13.2. The number of aryl methyl sites for hydroxylation is 8. The predicted octanol–water partition coefficient (Wildman–Crippen LogP) is 17.9. The van der Waals surface area contributed by atoms with Crippen LogP contribution in [0.2, 0.25) is 0 Å². The average molecular weight is 1100 g/mol. The molecule has 0 spiro atoms. The van der Waals surface area contributed by atoms with E-state index in [4.69, 9.17) is 9.47 Å². The van der Waals surface area contributed by atoms with Crippen molar-refractivity contribution in [3.63, 3.8) is 0 Å². The molecule has 3 aliphatic rings. The summed E-state index contributed by atoms with van der Waals surface area (Å²) in [7, 11) is 0. The molecule has 0 fully saturated rings. The van der Waals surface area contributed by atoms with E-state index in [9.17, 15) is 29.4 Å². The summed E-state index contributed by atoms with van der Waals surface area (Å²) >= 11 is 0. The number of carbonyl (C=O) groups excluding carboxylic acids is 2. The van der Waals surface area contributed by atoms with E-state index in [1.165, 1.54) is 27.8 Å². The largest absolute Gasteiger partial charge is 0.478 e. The number of hydrogen-bond donors (Lipinski definition) is 2. The normalized spacial score (nSPS) is 14.6. The summed E-state index contributed by atoms with van der Waals surface area (Å²) in [5.41, 5.74) is 31.5. The molecule has 0 aliphatic heterocycles. The van der Waals surface area contributed by atoms with E-state index in [-0.39, 0.29) is 23.0 Å². The Morgan fingerprint density at radius 3 is 1.15 bits per heavy atom. The summed E-state index contributed by atoms with van der Waals surface area (Å²) in [5.74, 6) is -1.12. The molecule has 2 unspecified atom stereocenters. The Hall–Kier alpha value is -10.2. The molecular formula is C76H60O8. The van der Waals surface area contributed by atoms with E-state index >= 15 is 0 Å². The van der Waals surface area contributed by atoms with Crippen LogP contribution < -0.4 is 9.47 Å². The Labute approximate surface area is 489 Å². The quantitative estimate of drug-likeness (QED) is 0.103. The number of benzene rings is 9. The third kappa shape index (κ3) is 9.59. The first-order valence-electron chi connectivity index (χ1n) is 28.1. The van der Waals surface area contributed by atoms with Crippen molar-refractivity contribution >= 4 is 48.2 Å².